The minimum Gasteiger partial charge on any atom is -0.478 e. The second-order valence-corrected chi connectivity index (χ2v) is 8.09. The van der Waals surface area contributed by atoms with Crippen LogP contribution in [-0.4, -0.2) is 38.0 Å². The van der Waals surface area contributed by atoms with E-state index in [0.29, 0.717) is 10.9 Å². The van der Waals surface area contributed by atoms with Crippen molar-refractivity contribution in [3.05, 3.63) is 28.5 Å². The first kappa shape index (κ1) is 16.2. The van der Waals surface area contributed by atoms with Crippen LogP contribution < -0.4 is 10.1 Å². The van der Waals surface area contributed by atoms with E-state index in [2.05, 4.69) is 21.2 Å². The van der Waals surface area contributed by atoms with Crippen LogP contribution in [0, 0.1) is 5.82 Å². The number of rotatable bonds is 4. The van der Waals surface area contributed by atoms with Gasteiger partial charge in [-0.2, -0.15) is 0 Å². The van der Waals surface area contributed by atoms with Crippen LogP contribution >= 0.6 is 15.9 Å². The van der Waals surface area contributed by atoms with Crippen molar-refractivity contribution >= 4 is 31.7 Å². The quantitative estimate of drug-likeness (QED) is 0.863. The lowest BCUT2D eigenvalue weighted by Crippen LogP contribution is -2.43. The van der Waals surface area contributed by atoms with Gasteiger partial charge in [-0.15, -0.1) is 0 Å². The van der Waals surface area contributed by atoms with Gasteiger partial charge in [0.15, 0.2) is 27.5 Å². The van der Waals surface area contributed by atoms with E-state index in [1.54, 1.807) is 6.07 Å². The van der Waals surface area contributed by atoms with E-state index in [0.717, 1.165) is 0 Å². The molecule has 0 spiro atoms. The summed E-state index contributed by atoms with van der Waals surface area (Å²) in [7, 11) is -3.06. The Hall–Kier alpha value is -1.15. The normalized spacial score (nSPS) is 21.8. The third-order valence-electron chi connectivity index (χ3n) is 3.15. The smallest absolute Gasteiger partial charge is 0.261 e. The lowest BCUT2D eigenvalue weighted by Gasteiger charge is -2.17. The van der Waals surface area contributed by atoms with E-state index < -0.39 is 33.7 Å². The summed E-state index contributed by atoms with van der Waals surface area (Å²) in [5.41, 5.74) is 0. The number of hydrogen-bond acceptors (Lipinski definition) is 4. The van der Waals surface area contributed by atoms with Gasteiger partial charge in [-0.3, -0.25) is 4.79 Å². The fourth-order valence-electron chi connectivity index (χ4n) is 2.04. The van der Waals surface area contributed by atoms with Crippen LogP contribution in [0.25, 0.3) is 0 Å². The summed E-state index contributed by atoms with van der Waals surface area (Å²) in [6.45, 7) is 1.49. The molecule has 0 radical (unpaired) electrons. The molecule has 0 bridgehead atoms. The maximum atomic E-state index is 13.6. The predicted molar refractivity (Wildman–Crippen MR) is 79.4 cm³/mol. The Morgan fingerprint density at radius 1 is 1.52 bits per heavy atom. The van der Waals surface area contributed by atoms with E-state index in [-0.39, 0.29) is 17.3 Å². The zero-order chi connectivity index (χ0) is 15.6. The molecule has 1 aromatic rings. The van der Waals surface area contributed by atoms with Gasteiger partial charge in [-0.05, 0) is 31.5 Å². The van der Waals surface area contributed by atoms with Gasteiger partial charge in [-0.1, -0.05) is 15.9 Å². The van der Waals surface area contributed by atoms with Gasteiger partial charge in [0, 0.05) is 10.5 Å². The lowest BCUT2D eigenvalue weighted by molar-refractivity contribution is -0.127. The highest BCUT2D eigenvalue weighted by Gasteiger charge is 2.30. The SMILES string of the molecule is C[C@H](Oc1ccc(Br)cc1F)C(=O)N[C@H]1CCS(=O)(=O)C1. The Labute approximate surface area is 130 Å². The van der Waals surface area contributed by atoms with Crippen molar-refractivity contribution in [2.75, 3.05) is 11.5 Å². The van der Waals surface area contributed by atoms with E-state index in [1.807, 2.05) is 0 Å². The average molecular weight is 380 g/mol. The maximum Gasteiger partial charge on any atom is 0.261 e. The van der Waals surface area contributed by atoms with Crippen LogP contribution in [0.4, 0.5) is 4.39 Å². The molecule has 5 nitrogen and oxygen atoms in total. The van der Waals surface area contributed by atoms with Gasteiger partial charge in [0.1, 0.15) is 0 Å². The van der Waals surface area contributed by atoms with Crippen molar-refractivity contribution in [1.29, 1.82) is 0 Å². The molecule has 1 fully saturated rings. The van der Waals surface area contributed by atoms with E-state index in [4.69, 9.17) is 4.74 Å². The summed E-state index contributed by atoms with van der Waals surface area (Å²) in [6.07, 6.45) is -0.517. The number of carbonyl (C=O) groups is 1. The summed E-state index contributed by atoms with van der Waals surface area (Å²) in [5.74, 6) is -1.04. The van der Waals surface area contributed by atoms with E-state index in [9.17, 15) is 17.6 Å². The number of hydrogen-bond donors (Lipinski definition) is 1. The standard InChI is InChI=1S/C13H15BrFNO4S/c1-8(20-12-3-2-9(14)6-11(12)15)13(17)16-10-4-5-21(18,19)7-10/h2-3,6,8,10H,4-5,7H2,1H3,(H,16,17)/t8-,10-/m0/s1. The van der Waals surface area contributed by atoms with E-state index in [1.165, 1.54) is 19.1 Å². The lowest BCUT2D eigenvalue weighted by atomic mass is 10.2. The van der Waals surface area contributed by atoms with Crippen molar-refractivity contribution in [2.24, 2.45) is 0 Å². The molecule has 1 aliphatic rings. The molecule has 0 saturated carbocycles. The van der Waals surface area contributed by atoms with Gasteiger partial charge < -0.3 is 10.1 Å². The number of ether oxygens (including phenoxy) is 1. The van der Waals surface area contributed by atoms with Crippen LogP contribution in [-0.2, 0) is 14.6 Å². The Bertz CT molecular complexity index is 650. The number of sulfone groups is 1. The molecule has 0 unspecified atom stereocenters. The van der Waals surface area contributed by atoms with Crippen molar-refractivity contribution in [1.82, 2.24) is 5.32 Å². The second kappa shape index (κ2) is 6.31. The van der Waals surface area contributed by atoms with Gasteiger partial charge in [0.25, 0.3) is 5.91 Å². The molecular formula is C13H15BrFNO4S. The third kappa shape index (κ3) is 4.41. The Morgan fingerprint density at radius 2 is 2.24 bits per heavy atom. The third-order valence-corrected chi connectivity index (χ3v) is 5.41. The Balaban J connectivity index is 1.94. The first-order valence-corrected chi connectivity index (χ1v) is 9.01. The maximum absolute atomic E-state index is 13.6. The monoisotopic (exact) mass is 379 g/mol. The molecule has 2 atom stereocenters. The van der Waals surface area contributed by atoms with Crippen LogP contribution in [0.5, 0.6) is 5.75 Å². The number of halogens is 2. The molecule has 1 amide bonds. The average Bonchev–Trinajstić information content (AvgIpc) is 2.72. The molecule has 1 N–H and O–H groups in total. The molecule has 1 aliphatic heterocycles. The largest absolute Gasteiger partial charge is 0.478 e. The second-order valence-electron chi connectivity index (χ2n) is 4.94. The summed E-state index contributed by atoms with van der Waals surface area (Å²) in [6, 6.07) is 3.86. The first-order chi connectivity index (χ1) is 9.77. The van der Waals surface area contributed by atoms with Crippen LogP contribution in [0.2, 0.25) is 0 Å². The van der Waals surface area contributed by atoms with Crippen molar-refractivity contribution in [3.8, 4) is 5.75 Å². The van der Waals surface area contributed by atoms with Crippen molar-refractivity contribution < 1.29 is 22.3 Å². The first-order valence-electron chi connectivity index (χ1n) is 6.39. The minimum absolute atomic E-state index is 0.0279. The highest BCUT2D eigenvalue weighted by atomic mass is 79.9. The molecule has 0 aromatic heterocycles. The zero-order valence-electron chi connectivity index (χ0n) is 11.3. The van der Waals surface area contributed by atoms with Crippen molar-refractivity contribution in [3.63, 3.8) is 0 Å². The molecular weight excluding hydrogens is 365 g/mol. The summed E-state index contributed by atoms with van der Waals surface area (Å²) >= 11 is 3.13. The van der Waals surface area contributed by atoms with Crippen molar-refractivity contribution in [2.45, 2.75) is 25.5 Å². The number of carbonyl (C=O) groups excluding carboxylic acids is 1. The Morgan fingerprint density at radius 3 is 2.81 bits per heavy atom. The van der Waals surface area contributed by atoms with Crippen LogP contribution in [0.15, 0.2) is 22.7 Å². The summed E-state index contributed by atoms with van der Waals surface area (Å²) < 4.78 is 42.1. The van der Waals surface area contributed by atoms with Gasteiger partial charge >= 0.3 is 0 Å². The van der Waals surface area contributed by atoms with Gasteiger partial charge in [0.05, 0.1) is 11.5 Å². The fourth-order valence-corrected chi connectivity index (χ4v) is 4.05. The topological polar surface area (TPSA) is 72.5 Å². The molecule has 8 heteroatoms. The summed E-state index contributed by atoms with van der Waals surface area (Å²) in [4.78, 5) is 11.9. The molecule has 116 valence electrons. The van der Waals surface area contributed by atoms with Gasteiger partial charge in [0.2, 0.25) is 0 Å². The van der Waals surface area contributed by atoms with Crippen LogP contribution in [0.3, 0.4) is 0 Å². The Kier molecular flexibility index (Phi) is 4.88. The van der Waals surface area contributed by atoms with Gasteiger partial charge in [-0.25, -0.2) is 12.8 Å². The molecule has 1 saturated heterocycles. The zero-order valence-corrected chi connectivity index (χ0v) is 13.7. The predicted octanol–water partition coefficient (Wildman–Crippen LogP) is 1.66. The molecule has 1 aromatic carbocycles. The summed E-state index contributed by atoms with van der Waals surface area (Å²) in [5, 5.41) is 2.61. The highest BCUT2D eigenvalue weighted by molar-refractivity contribution is 9.10. The number of benzene rings is 1. The van der Waals surface area contributed by atoms with Crippen LogP contribution in [0.1, 0.15) is 13.3 Å². The highest BCUT2D eigenvalue weighted by Crippen LogP contribution is 2.22. The molecule has 1 heterocycles. The fraction of sp³-hybridized carbons (Fsp3) is 0.462. The number of nitrogens with one attached hydrogen (secondary N) is 1. The molecule has 2 rings (SSSR count). The van der Waals surface area contributed by atoms with E-state index >= 15 is 0 Å². The number of amides is 1. The molecule has 0 aliphatic carbocycles. The minimum atomic E-state index is -3.06. The molecule has 21 heavy (non-hydrogen) atoms.